The van der Waals surface area contributed by atoms with E-state index in [9.17, 15) is 0 Å². The van der Waals surface area contributed by atoms with Crippen molar-refractivity contribution in [3.05, 3.63) is 23.5 Å². The molecule has 0 saturated carbocycles. The maximum Gasteiger partial charge on any atom is 0.0998 e. The molecule has 74 valence electrons. The van der Waals surface area contributed by atoms with Gasteiger partial charge in [-0.15, -0.1) is 22.9 Å². The Bertz CT molecular complexity index is 380. The predicted molar refractivity (Wildman–Crippen MR) is 61.1 cm³/mol. The van der Waals surface area contributed by atoms with Crippen LogP contribution in [0.4, 0.5) is 0 Å². The number of rotatable bonds is 4. The normalized spacial score (nSPS) is 10.9. The summed E-state index contributed by atoms with van der Waals surface area (Å²) < 4.78 is 1.22. The van der Waals surface area contributed by atoms with Crippen molar-refractivity contribution in [1.29, 1.82) is 0 Å². The first kappa shape index (κ1) is 9.87. The molecule has 2 aromatic rings. The lowest BCUT2D eigenvalue weighted by Crippen LogP contribution is -1.84. The third-order valence-corrected chi connectivity index (χ3v) is 3.37. The van der Waals surface area contributed by atoms with E-state index in [0.717, 1.165) is 30.7 Å². The van der Waals surface area contributed by atoms with Gasteiger partial charge in [-0.05, 0) is 25.3 Å². The highest BCUT2D eigenvalue weighted by Crippen LogP contribution is 2.21. The van der Waals surface area contributed by atoms with Crippen molar-refractivity contribution in [2.45, 2.75) is 19.3 Å². The molecule has 0 radical (unpaired) electrons. The van der Waals surface area contributed by atoms with Crippen LogP contribution in [0.3, 0.4) is 0 Å². The first-order valence-electron chi connectivity index (χ1n) is 4.65. The van der Waals surface area contributed by atoms with Crippen molar-refractivity contribution >= 4 is 33.2 Å². The fraction of sp³-hybridized carbons (Fsp3) is 0.400. The predicted octanol–water partition coefficient (Wildman–Crippen LogP) is 3.25. The Morgan fingerprint density at radius 3 is 3.07 bits per heavy atom. The van der Waals surface area contributed by atoms with Crippen LogP contribution in [0.5, 0.6) is 0 Å². The van der Waals surface area contributed by atoms with Crippen LogP contribution in [0.2, 0.25) is 0 Å². The summed E-state index contributed by atoms with van der Waals surface area (Å²) in [6.45, 7) is 0. The highest BCUT2D eigenvalue weighted by atomic mass is 35.5. The minimum atomic E-state index is 0.743. The van der Waals surface area contributed by atoms with Crippen LogP contribution in [0, 0.1) is 0 Å². The Kier molecular flexibility index (Phi) is 3.32. The number of hydrogen-bond donors (Lipinski definition) is 0. The molecule has 0 aliphatic carbocycles. The van der Waals surface area contributed by atoms with E-state index in [0.29, 0.717) is 0 Å². The minimum absolute atomic E-state index is 0.743. The molecule has 4 heteroatoms. The van der Waals surface area contributed by atoms with Crippen LogP contribution in [0.15, 0.2) is 18.5 Å². The molecule has 0 spiro atoms. The fourth-order valence-corrected chi connectivity index (χ4v) is 2.47. The van der Waals surface area contributed by atoms with E-state index < -0.39 is 0 Å². The molecule has 0 N–H and O–H groups in total. The molecule has 0 fully saturated rings. The Morgan fingerprint density at radius 2 is 2.29 bits per heavy atom. The average molecular weight is 227 g/mol. The number of halogens is 1. The zero-order valence-corrected chi connectivity index (χ0v) is 9.31. The van der Waals surface area contributed by atoms with E-state index in [4.69, 9.17) is 11.6 Å². The van der Waals surface area contributed by atoms with Crippen LogP contribution in [0.25, 0.3) is 10.2 Å². The number of aryl methyl sites for hydroxylation is 1. The first-order chi connectivity index (χ1) is 6.90. The van der Waals surface area contributed by atoms with E-state index >= 15 is 0 Å². The monoisotopic (exact) mass is 226 g/mol. The standard InChI is InChI=1S/C10H11ClN2S/c11-5-2-1-3-10-13-8-7-12-6-4-9(8)14-10/h4,6-7H,1-3,5H2. The lowest BCUT2D eigenvalue weighted by molar-refractivity contribution is 0.796. The van der Waals surface area contributed by atoms with Crippen LogP contribution >= 0.6 is 22.9 Å². The van der Waals surface area contributed by atoms with E-state index in [-0.39, 0.29) is 0 Å². The summed E-state index contributed by atoms with van der Waals surface area (Å²) in [6.07, 6.45) is 6.85. The van der Waals surface area contributed by atoms with Gasteiger partial charge in [-0.1, -0.05) is 0 Å². The van der Waals surface area contributed by atoms with Crippen molar-refractivity contribution < 1.29 is 0 Å². The number of fused-ring (bicyclic) bond motifs is 1. The van der Waals surface area contributed by atoms with Gasteiger partial charge in [-0.25, -0.2) is 4.98 Å². The Balaban J connectivity index is 2.11. The summed E-state index contributed by atoms with van der Waals surface area (Å²) in [5.74, 6) is 0.743. The van der Waals surface area contributed by atoms with Gasteiger partial charge in [-0.2, -0.15) is 0 Å². The van der Waals surface area contributed by atoms with Crippen molar-refractivity contribution in [3.8, 4) is 0 Å². The van der Waals surface area contributed by atoms with E-state index in [1.54, 1.807) is 11.3 Å². The molecule has 0 bridgehead atoms. The number of pyridine rings is 1. The smallest absolute Gasteiger partial charge is 0.0998 e. The van der Waals surface area contributed by atoms with Gasteiger partial charge in [0.2, 0.25) is 0 Å². The molecular formula is C10H11ClN2S. The topological polar surface area (TPSA) is 25.8 Å². The van der Waals surface area contributed by atoms with Crippen LogP contribution in [0.1, 0.15) is 17.8 Å². The molecule has 2 heterocycles. The van der Waals surface area contributed by atoms with Crippen LogP contribution in [-0.2, 0) is 6.42 Å². The van der Waals surface area contributed by atoms with Crippen molar-refractivity contribution in [2.24, 2.45) is 0 Å². The maximum absolute atomic E-state index is 5.62. The molecule has 0 amide bonds. The summed E-state index contributed by atoms with van der Waals surface area (Å²) in [7, 11) is 0. The molecule has 2 nitrogen and oxygen atoms in total. The van der Waals surface area contributed by atoms with Gasteiger partial charge in [0.25, 0.3) is 0 Å². The number of unbranched alkanes of at least 4 members (excludes halogenated alkanes) is 1. The van der Waals surface area contributed by atoms with Gasteiger partial charge in [0.1, 0.15) is 0 Å². The largest absolute Gasteiger partial charge is 0.262 e. The zero-order chi connectivity index (χ0) is 9.80. The summed E-state index contributed by atoms with van der Waals surface area (Å²) in [5, 5.41) is 1.19. The molecule has 0 aliphatic heterocycles. The minimum Gasteiger partial charge on any atom is -0.262 e. The van der Waals surface area contributed by atoms with Crippen molar-refractivity contribution in [2.75, 3.05) is 5.88 Å². The fourth-order valence-electron chi connectivity index (χ4n) is 1.31. The molecule has 0 unspecified atom stereocenters. The van der Waals surface area contributed by atoms with E-state index in [1.165, 1.54) is 9.71 Å². The summed E-state index contributed by atoms with van der Waals surface area (Å²) in [5.41, 5.74) is 1.01. The van der Waals surface area contributed by atoms with Crippen LogP contribution in [-0.4, -0.2) is 15.8 Å². The molecular weight excluding hydrogens is 216 g/mol. The third-order valence-electron chi connectivity index (χ3n) is 2.01. The molecule has 14 heavy (non-hydrogen) atoms. The van der Waals surface area contributed by atoms with Gasteiger partial charge < -0.3 is 0 Å². The molecule has 2 rings (SSSR count). The summed E-state index contributed by atoms with van der Waals surface area (Å²) >= 11 is 7.37. The van der Waals surface area contributed by atoms with Crippen molar-refractivity contribution in [1.82, 2.24) is 9.97 Å². The van der Waals surface area contributed by atoms with E-state index in [2.05, 4.69) is 9.97 Å². The van der Waals surface area contributed by atoms with Gasteiger partial charge in [-0.3, -0.25) is 4.98 Å². The molecule has 0 saturated heterocycles. The second kappa shape index (κ2) is 4.71. The molecule has 0 aliphatic rings. The third kappa shape index (κ3) is 2.22. The summed E-state index contributed by atoms with van der Waals surface area (Å²) in [6, 6.07) is 2.01. The number of thiazole rings is 1. The van der Waals surface area contributed by atoms with Gasteiger partial charge in [0.05, 0.1) is 21.4 Å². The van der Waals surface area contributed by atoms with Crippen molar-refractivity contribution in [3.63, 3.8) is 0 Å². The van der Waals surface area contributed by atoms with Crippen LogP contribution < -0.4 is 0 Å². The lowest BCUT2D eigenvalue weighted by Gasteiger charge is -1.91. The quantitative estimate of drug-likeness (QED) is 0.591. The highest BCUT2D eigenvalue weighted by molar-refractivity contribution is 7.18. The number of hydrogen-bond acceptors (Lipinski definition) is 3. The number of nitrogens with zero attached hydrogens (tertiary/aromatic N) is 2. The van der Waals surface area contributed by atoms with Gasteiger partial charge in [0.15, 0.2) is 0 Å². The second-order valence-corrected chi connectivity index (χ2v) is 4.59. The SMILES string of the molecule is ClCCCCc1nc2cnccc2s1. The Labute approximate surface area is 92.0 Å². The number of aromatic nitrogens is 2. The Hall–Kier alpha value is -0.670. The van der Waals surface area contributed by atoms with Gasteiger partial charge >= 0.3 is 0 Å². The lowest BCUT2D eigenvalue weighted by atomic mass is 10.3. The maximum atomic E-state index is 5.62. The Morgan fingerprint density at radius 1 is 1.36 bits per heavy atom. The average Bonchev–Trinajstić information content (AvgIpc) is 2.60. The highest BCUT2D eigenvalue weighted by Gasteiger charge is 2.02. The molecule has 2 aromatic heterocycles. The first-order valence-corrected chi connectivity index (χ1v) is 6.00. The van der Waals surface area contributed by atoms with E-state index in [1.807, 2.05) is 18.5 Å². The second-order valence-electron chi connectivity index (χ2n) is 3.10. The number of alkyl halides is 1. The molecule has 0 atom stereocenters. The molecule has 0 aromatic carbocycles. The zero-order valence-electron chi connectivity index (χ0n) is 7.74. The van der Waals surface area contributed by atoms with Gasteiger partial charge in [0, 0.05) is 12.1 Å². The summed E-state index contributed by atoms with van der Waals surface area (Å²) in [4.78, 5) is 8.54.